The standard InChI is InChI=1S/C10H12N2/c1-2-8-7-9-5-3-4-6-12(9)10(8)11/h3-7H,2,11H2,1H3. The van der Waals surface area contributed by atoms with Crippen molar-refractivity contribution in [3.05, 3.63) is 36.0 Å². The zero-order valence-corrected chi connectivity index (χ0v) is 7.12. The summed E-state index contributed by atoms with van der Waals surface area (Å²) in [5.74, 6) is 0.869. The molecular formula is C10H12N2. The Labute approximate surface area is 71.6 Å². The molecule has 0 aliphatic rings. The second-order valence-electron chi connectivity index (χ2n) is 2.90. The highest BCUT2D eigenvalue weighted by Crippen LogP contribution is 2.18. The topological polar surface area (TPSA) is 30.4 Å². The number of pyridine rings is 1. The Morgan fingerprint density at radius 2 is 2.25 bits per heavy atom. The molecule has 2 aromatic rings. The fourth-order valence-corrected chi connectivity index (χ4v) is 1.48. The van der Waals surface area contributed by atoms with Crippen LogP contribution in [0.2, 0.25) is 0 Å². The van der Waals surface area contributed by atoms with Crippen molar-refractivity contribution in [1.29, 1.82) is 0 Å². The van der Waals surface area contributed by atoms with Gasteiger partial charge < -0.3 is 10.1 Å². The molecule has 0 unspecified atom stereocenters. The molecular weight excluding hydrogens is 148 g/mol. The zero-order valence-electron chi connectivity index (χ0n) is 7.12. The van der Waals surface area contributed by atoms with Gasteiger partial charge in [-0.3, -0.25) is 0 Å². The molecule has 0 saturated carbocycles. The third-order valence-corrected chi connectivity index (χ3v) is 2.18. The van der Waals surface area contributed by atoms with Crippen molar-refractivity contribution in [2.75, 3.05) is 5.73 Å². The van der Waals surface area contributed by atoms with Crippen LogP contribution in [0.5, 0.6) is 0 Å². The average molecular weight is 160 g/mol. The smallest absolute Gasteiger partial charge is 0.111 e. The molecule has 62 valence electrons. The fourth-order valence-electron chi connectivity index (χ4n) is 1.48. The Morgan fingerprint density at radius 1 is 1.42 bits per heavy atom. The van der Waals surface area contributed by atoms with Crippen LogP contribution in [0, 0.1) is 0 Å². The van der Waals surface area contributed by atoms with Crippen molar-refractivity contribution in [3.8, 4) is 0 Å². The van der Waals surface area contributed by atoms with E-state index in [0.29, 0.717) is 0 Å². The third-order valence-electron chi connectivity index (χ3n) is 2.18. The summed E-state index contributed by atoms with van der Waals surface area (Å²) in [4.78, 5) is 0. The predicted octanol–water partition coefficient (Wildman–Crippen LogP) is 2.08. The molecule has 0 fully saturated rings. The van der Waals surface area contributed by atoms with Crippen LogP contribution in [0.3, 0.4) is 0 Å². The van der Waals surface area contributed by atoms with Crippen molar-refractivity contribution < 1.29 is 0 Å². The van der Waals surface area contributed by atoms with Crippen molar-refractivity contribution in [1.82, 2.24) is 4.40 Å². The molecule has 0 spiro atoms. The minimum Gasteiger partial charge on any atom is -0.385 e. The van der Waals surface area contributed by atoms with E-state index in [9.17, 15) is 0 Å². The maximum absolute atomic E-state index is 5.91. The summed E-state index contributed by atoms with van der Waals surface area (Å²) < 4.78 is 2.01. The second kappa shape index (κ2) is 2.55. The summed E-state index contributed by atoms with van der Waals surface area (Å²) in [7, 11) is 0. The van der Waals surface area contributed by atoms with Gasteiger partial charge in [0.15, 0.2) is 0 Å². The van der Waals surface area contributed by atoms with Crippen LogP contribution in [0.4, 0.5) is 5.82 Å². The Hall–Kier alpha value is -1.44. The summed E-state index contributed by atoms with van der Waals surface area (Å²) >= 11 is 0. The number of nitrogens with two attached hydrogens (primary N) is 1. The number of fused-ring (bicyclic) bond motifs is 1. The van der Waals surface area contributed by atoms with E-state index in [1.165, 1.54) is 11.1 Å². The molecule has 2 nitrogen and oxygen atoms in total. The van der Waals surface area contributed by atoms with E-state index in [0.717, 1.165) is 12.2 Å². The van der Waals surface area contributed by atoms with Gasteiger partial charge >= 0.3 is 0 Å². The second-order valence-corrected chi connectivity index (χ2v) is 2.90. The number of hydrogen-bond donors (Lipinski definition) is 1. The normalized spacial score (nSPS) is 10.8. The lowest BCUT2D eigenvalue weighted by atomic mass is 10.2. The Bertz CT molecular complexity index is 401. The molecule has 0 saturated heterocycles. The molecule has 2 heterocycles. The highest BCUT2D eigenvalue weighted by Gasteiger charge is 2.02. The van der Waals surface area contributed by atoms with E-state index in [-0.39, 0.29) is 0 Å². The summed E-state index contributed by atoms with van der Waals surface area (Å²) in [6, 6.07) is 8.21. The van der Waals surface area contributed by atoms with Gasteiger partial charge in [0, 0.05) is 11.7 Å². The number of aryl methyl sites for hydroxylation is 1. The Kier molecular flexibility index (Phi) is 1.54. The Morgan fingerprint density at radius 3 is 2.92 bits per heavy atom. The molecule has 0 aromatic carbocycles. The molecule has 2 heteroatoms. The van der Waals surface area contributed by atoms with Crippen LogP contribution in [-0.2, 0) is 6.42 Å². The number of rotatable bonds is 1. The summed E-state index contributed by atoms with van der Waals surface area (Å²) in [6.07, 6.45) is 2.98. The monoisotopic (exact) mass is 160 g/mol. The molecule has 0 radical (unpaired) electrons. The number of aromatic nitrogens is 1. The molecule has 0 aliphatic heterocycles. The molecule has 0 bridgehead atoms. The summed E-state index contributed by atoms with van der Waals surface area (Å²) in [5, 5.41) is 0. The largest absolute Gasteiger partial charge is 0.385 e. The van der Waals surface area contributed by atoms with E-state index in [2.05, 4.69) is 19.1 Å². The van der Waals surface area contributed by atoms with Crippen LogP contribution < -0.4 is 5.73 Å². The molecule has 2 aromatic heterocycles. The SMILES string of the molecule is CCc1cc2ccccn2c1N. The highest BCUT2D eigenvalue weighted by atomic mass is 15.0. The van der Waals surface area contributed by atoms with Gasteiger partial charge in [0.2, 0.25) is 0 Å². The first-order chi connectivity index (χ1) is 5.83. The van der Waals surface area contributed by atoms with Gasteiger partial charge in [0.1, 0.15) is 5.82 Å². The summed E-state index contributed by atoms with van der Waals surface area (Å²) in [6.45, 7) is 2.12. The van der Waals surface area contributed by atoms with Gasteiger partial charge in [-0.15, -0.1) is 0 Å². The number of nitrogens with zero attached hydrogens (tertiary/aromatic N) is 1. The maximum atomic E-state index is 5.91. The van der Waals surface area contributed by atoms with E-state index >= 15 is 0 Å². The quantitative estimate of drug-likeness (QED) is 0.680. The third kappa shape index (κ3) is 0.881. The number of nitrogen functional groups attached to an aromatic ring is 1. The van der Waals surface area contributed by atoms with Crippen LogP contribution in [0.25, 0.3) is 5.52 Å². The molecule has 12 heavy (non-hydrogen) atoms. The predicted molar refractivity (Wildman–Crippen MR) is 51.2 cm³/mol. The molecule has 0 atom stereocenters. The van der Waals surface area contributed by atoms with Gasteiger partial charge in [0.05, 0.1) is 0 Å². The van der Waals surface area contributed by atoms with Gasteiger partial charge in [0.25, 0.3) is 0 Å². The maximum Gasteiger partial charge on any atom is 0.111 e. The molecule has 2 N–H and O–H groups in total. The van der Waals surface area contributed by atoms with Crippen molar-refractivity contribution in [2.24, 2.45) is 0 Å². The van der Waals surface area contributed by atoms with Crippen molar-refractivity contribution >= 4 is 11.3 Å². The lowest BCUT2D eigenvalue weighted by Crippen LogP contribution is -1.94. The van der Waals surface area contributed by atoms with E-state index in [4.69, 9.17) is 5.73 Å². The van der Waals surface area contributed by atoms with Gasteiger partial charge in [-0.05, 0) is 30.2 Å². The minimum absolute atomic E-state index is 0.869. The van der Waals surface area contributed by atoms with E-state index in [1.807, 2.05) is 22.7 Å². The van der Waals surface area contributed by atoms with Gasteiger partial charge in [-0.1, -0.05) is 13.0 Å². The van der Waals surface area contributed by atoms with E-state index in [1.54, 1.807) is 0 Å². The van der Waals surface area contributed by atoms with Crippen LogP contribution >= 0.6 is 0 Å². The van der Waals surface area contributed by atoms with Crippen molar-refractivity contribution in [3.63, 3.8) is 0 Å². The van der Waals surface area contributed by atoms with Crippen LogP contribution in [0.15, 0.2) is 30.5 Å². The Balaban J connectivity index is 2.78. The number of hydrogen-bond acceptors (Lipinski definition) is 1. The van der Waals surface area contributed by atoms with Crippen LogP contribution in [-0.4, -0.2) is 4.40 Å². The molecule has 0 amide bonds. The lowest BCUT2D eigenvalue weighted by Gasteiger charge is -1.96. The van der Waals surface area contributed by atoms with E-state index < -0.39 is 0 Å². The first kappa shape index (κ1) is 7.22. The van der Waals surface area contributed by atoms with Crippen LogP contribution in [0.1, 0.15) is 12.5 Å². The van der Waals surface area contributed by atoms with Crippen molar-refractivity contribution in [2.45, 2.75) is 13.3 Å². The first-order valence-electron chi connectivity index (χ1n) is 4.17. The zero-order chi connectivity index (χ0) is 8.55. The summed E-state index contributed by atoms with van der Waals surface area (Å²) in [5.41, 5.74) is 8.31. The van der Waals surface area contributed by atoms with Gasteiger partial charge in [-0.25, -0.2) is 0 Å². The number of anilines is 1. The lowest BCUT2D eigenvalue weighted by molar-refractivity contribution is 1.12. The first-order valence-corrected chi connectivity index (χ1v) is 4.17. The molecule has 0 aliphatic carbocycles. The molecule has 2 rings (SSSR count). The fraction of sp³-hybridized carbons (Fsp3) is 0.200. The minimum atomic E-state index is 0.869. The average Bonchev–Trinajstić information content (AvgIpc) is 2.44. The van der Waals surface area contributed by atoms with Gasteiger partial charge in [-0.2, -0.15) is 0 Å². The highest BCUT2D eigenvalue weighted by molar-refractivity contribution is 5.61.